The summed E-state index contributed by atoms with van der Waals surface area (Å²) in [5.41, 5.74) is 2.95. The van der Waals surface area contributed by atoms with E-state index in [0.29, 0.717) is 29.7 Å². The van der Waals surface area contributed by atoms with Gasteiger partial charge in [-0.05, 0) is 31.2 Å². The summed E-state index contributed by atoms with van der Waals surface area (Å²) >= 11 is 9.59. The first-order chi connectivity index (χ1) is 16.5. The van der Waals surface area contributed by atoms with Crippen molar-refractivity contribution >= 4 is 45.0 Å². The predicted octanol–water partition coefficient (Wildman–Crippen LogP) is 4.39. The lowest BCUT2D eigenvalue weighted by Gasteiger charge is -2.14. The highest BCUT2D eigenvalue weighted by molar-refractivity contribution is 7.98. The zero-order chi connectivity index (χ0) is 24.2. The molecule has 34 heavy (non-hydrogen) atoms. The van der Waals surface area contributed by atoms with E-state index in [9.17, 15) is 8.42 Å². The number of nitrogens with zero attached hydrogens (tertiary/aromatic N) is 2. The van der Waals surface area contributed by atoms with Gasteiger partial charge >= 0.3 is 0 Å². The van der Waals surface area contributed by atoms with E-state index in [1.54, 1.807) is 66.4 Å². The van der Waals surface area contributed by atoms with E-state index in [-0.39, 0.29) is 4.90 Å². The number of H-pyrrole nitrogens is 1. The predicted molar refractivity (Wildman–Crippen MR) is 143 cm³/mol. The number of hydrogen-bond acceptors (Lipinski definition) is 8. The van der Waals surface area contributed by atoms with Gasteiger partial charge in [-0.1, -0.05) is 29.8 Å². The number of hydrogen-bond donors (Lipinski definition) is 3. The summed E-state index contributed by atoms with van der Waals surface area (Å²) in [6.07, 6.45) is 3.42. The van der Waals surface area contributed by atoms with Crippen LogP contribution in [0.25, 0.3) is 0 Å². The first-order valence-electron chi connectivity index (χ1n) is 10.7. The van der Waals surface area contributed by atoms with Gasteiger partial charge in [0.1, 0.15) is 5.82 Å². The highest BCUT2D eigenvalue weighted by Gasteiger charge is 2.12. The van der Waals surface area contributed by atoms with Crippen molar-refractivity contribution in [2.75, 3.05) is 24.6 Å². The molecule has 0 bridgehead atoms. The molecular formula is C23H28ClN5O2S3. The molecule has 182 valence electrons. The van der Waals surface area contributed by atoms with E-state index in [1.807, 2.05) is 19.1 Å². The lowest BCUT2D eigenvalue weighted by atomic mass is 10.4. The second-order valence-electron chi connectivity index (χ2n) is 7.25. The Hall–Kier alpha value is -2.14. The molecule has 0 amide bonds. The first kappa shape index (κ1) is 26.5. The van der Waals surface area contributed by atoms with Crippen LogP contribution in [0.5, 0.6) is 0 Å². The van der Waals surface area contributed by atoms with E-state index in [0.717, 1.165) is 34.3 Å². The number of nitrogens with one attached hydrogen (secondary N) is 3. The molecule has 0 aliphatic rings. The van der Waals surface area contributed by atoms with Gasteiger partial charge in [0, 0.05) is 48.0 Å². The van der Waals surface area contributed by atoms with Gasteiger partial charge in [0.2, 0.25) is 9.84 Å². The van der Waals surface area contributed by atoms with E-state index < -0.39 is 9.84 Å². The van der Waals surface area contributed by atoms with Crippen molar-refractivity contribution in [3.63, 3.8) is 0 Å². The molecule has 3 N–H and O–H groups in total. The summed E-state index contributed by atoms with van der Waals surface area (Å²) in [5.74, 6) is 3.59. The fraction of sp³-hybridized carbons (Fsp3) is 0.304. The molecule has 0 unspecified atom stereocenters. The quantitative estimate of drug-likeness (QED) is 0.260. The van der Waals surface area contributed by atoms with Crippen LogP contribution in [0.4, 0.5) is 0 Å². The zero-order valence-corrected chi connectivity index (χ0v) is 22.0. The fourth-order valence-corrected chi connectivity index (χ4v) is 6.02. The Morgan fingerprint density at radius 1 is 1.03 bits per heavy atom. The highest BCUT2D eigenvalue weighted by Crippen LogP contribution is 2.18. The monoisotopic (exact) mass is 537 g/mol. The minimum absolute atomic E-state index is 0.263. The third kappa shape index (κ3) is 8.57. The second kappa shape index (κ2) is 13.7. The van der Waals surface area contributed by atoms with Crippen LogP contribution in [0.15, 0.2) is 71.1 Å². The maximum atomic E-state index is 12.8. The number of benzene rings is 1. The lowest BCUT2D eigenvalue weighted by molar-refractivity contribution is 0.603. The maximum Gasteiger partial charge on any atom is 0.203 e. The van der Waals surface area contributed by atoms with Gasteiger partial charge in [-0.3, -0.25) is 4.98 Å². The molecule has 0 radical (unpaired) electrons. The van der Waals surface area contributed by atoms with Crippen LogP contribution in [-0.2, 0) is 21.3 Å². The molecule has 3 rings (SSSR count). The fourth-order valence-electron chi connectivity index (χ4n) is 2.90. The SMILES string of the molecule is Cc1nc[nH]c1CSCCN/C(=C\S(=O)(=O)c1ccccc1)NCCSCc1ncccc1Cl. The minimum atomic E-state index is -3.58. The van der Waals surface area contributed by atoms with Crippen molar-refractivity contribution in [1.29, 1.82) is 0 Å². The molecule has 0 saturated carbocycles. The normalized spacial score (nSPS) is 12.0. The molecule has 11 heteroatoms. The number of aryl methyl sites for hydroxylation is 1. The molecule has 2 aromatic heterocycles. The first-order valence-corrected chi connectivity index (χ1v) is 14.9. The average Bonchev–Trinajstić information content (AvgIpc) is 3.24. The molecule has 3 aromatic rings. The molecule has 2 heterocycles. The van der Waals surface area contributed by atoms with Crippen molar-refractivity contribution in [1.82, 2.24) is 25.6 Å². The Morgan fingerprint density at radius 3 is 2.38 bits per heavy atom. The number of halogens is 1. The van der Waals surface area contributed by atoms with Gasteiger partial charge in [-0.15, -0.1) is 0 Å². The van der Waals surface area contributed by atoms with Gasteiger partial charge in [-0.25, -0.2) is 13.4 Å². The van der Waals surface area contributed by atoms with Crippen LogP contribution in [0, 0.1) is 6.92 Å². The van der Waals surface area contributed by atoms with Crippen LogP contribution >= 0.6 is 35.1 Å². The number of imidazole rings is 1. The van der Waals surface area contributed by atoms with E-state index >= 15 is 0 Å². The lowest BCUT2D eigenvalue weighted by Crippen LogP contribution is -2.30. The third-order valence-electron chi connectivity index (χ3n) is 4.72. The summed E-state index contributed by atoms with van der Waals surface area (Å²) in [6, 6.07) is 12.1. The molecule has 7 nitrogen and oxygen atoms in total. The van der Waals surface area contributed by atoms with Gasteiger partial charge < -0.3 is 15.6 Å². The zero-order valence-electron chi connectivity index (χ0n) is 18.8. The molecular weight excluding hydrogens is 510 g/mol. The van der Waals surface area contributed by atoms with Crippen LogP contribution < -0.4 is 10.6 Å². The molecule has 0 spiro atoms. The Balaban J connectivity index is 1.52. The van der Waals surface area contributed by atoms with Gasteiger partial charge in [0.15, 0.2) is 0 Å². The standard InChI is InChI=1S/C23H28ClN5O2S3/c1-18-21(29-17-28-18)14-32-12-10-26-23(16-34(30,31)19-6-3-2-4-7-19)27-11-13-33-15-22-20(24)8-5-9-25-22/h2-9,16-17,26-27H,10-15H2,1H3,(H,28,29)/b23-16+. The van der Waals surface area contributed by atoms with E-state index in [2.05, 4.69) is 25.6 Å². The van der Waals surface area contributed by atoms with Crippen LogP contribution in [0.2, 0.25) is 5.02 Å². The number of aromatic amines is 1. The third-order valence-corrected chi connectivity index (χ3v) is 8.50. The van der Waals surface area contributed by atoms with Crippen molar-refractivity contribution in [2.24, 2.45) is 0 Å². The summed E-state index contributed by atoms with van der Waals surface area (Å²) in [5, 5.41) is 8.40. The van der Waals surface area contributed by atoms with Crippen molar-refractivity contribution in [3.05, 3.63) is 88.3 Å². The number of thioether (sulfide) groups is 2. The molecule has 1 aromatic carbocycles. The van der Waals surface area contributed by atoms with Gasteiger partial charge in [0.25, 0.3) is 0 Å². The largest absolute Gasteiger partial charge is 0.370 e. The summed E-state index contributed by atoms with van der Waals surface area (Å²) in [4.78, 5) is 11.9. The highest BCUT2D eigenvalue weighted by atomic mass is 35.5. The van der Waals surface area contributed by atoms with Crippen LogP contribution in [-0.4, -0.2) is 48.0 Å². The molecule has 0 saturated heterocycles. The van der Waals surface area contributed by atoms with Crippen molar-refractivity contribution in [2.45, 2.75) is 23.3 Å². The maximum absolute atomic E-state index is 12.8. The Morgan fingerprint density at radius 2 is 1.74 bits per heavy atom. The van der Waals surface area contributed by atoms with Gasteiger partial charge in [-0.2, -0.15) is 23.5 Å². The minimum Gasteiger partial charge on any atom is -0.370 e. The Labute approximate surface area is 214 Å². The topological polar surface area (TPSA) is 99.8 Å². The number of aromatic nitrogens is 3. The summed E-state index contributed by atoms with van der Waals surface area (Å²) in [7, 11) is -3.58. The number of sulfone groups is 1. The molecule has 0 atom stereocenters. The van der Waals surface area contributed by atoms with Crippen molar-refractivity contribution in [3.8, 4) is 0 Å². The number of rotatable bonds is 14. The van der Waals surface area contributed by atoms with E-state index in [1.165, 1.54) is 5.41 Å². The average molecular weight is 538 g/mol. The van der Waals surface area contributed by atoms with Crippen LogP contribution in [0.3, 0.4) is 0 Å². The van der Waals surface area contributed by atoms with E-state index in [4.69, 9.17) is 11.6 Å². The second-order valence-corrected chi connectivity index (χ2v) is 11.7. The molecule has 0 aliphatic carbocycles. The van der Waals surface area contributed by atoms with Gasteiger partial charge in [0.05, 0.1) is 33.0 Å². The smallest absolute Gasteiger partial charge is 0.203 e. The van der Waals surface area contributed by atoms with Crippen LogP contribution in [0.1, 0.15) is 17.1 Å². The Kier molecular flexibility index (Phi) is 10.6. The molecule has 0 aliphatic heterocycles. The Bertz CT molecular complexity index is 1170. The molecule has 0 fully saturated rings. The summed E-state index contributed by atoms with van der Waals surface area (Å²) < 4.78 is 25.7. The number of pyridine rings is 1. The van der Waals surface area contributed by atoms with Crippen molar-refractivity contribution < 1.29 is 8.42 Å². The summed E-state index contributed by atoms with van der Waals surface area (Å²) in [6.45, 7) is 3.19.